The van der Waals surface area contributed by atoms with Gasteiger partial charge in [0, 0.05) is 35.8 Å². The van der Waals surface area contributed by atoms with Gasteiger partial charge in [0.15, 0.2) is 0 Å². The summed E-state index contributed by atoms with van der Waals surface area (Å²) in [6, 6.07) is 11.2. The number of hydrogen-bond acceptors (Lipinski definition) is 4. The zero-order chi connectivity index (χ0) is 21.7. The molecule has 6 nitrogen and oxygen atoms in total. The average molecular weight is 430 g/mol. The van der Waals surface area contributed by atoms with Gasteiger partial charge < -0.3 is 15.4 Å². The van der Waals surface area contributed by atoms with Gasteiger partial charge in [0.05, 0.1) is 19.3 Å². The SMILES string of the molecule is COc1cc(Cl)c(C)cc1NC(=O)CN1CCC(NC(=O)c2ccccc2C)CC1. The van der Waals surface area contributed by atoms with Crippen LogP contribution in [0.3, 0.4) is 0 Å². The number of benzene rings is 2. The third-order valence-corrected chi connectivity index (χ3v) is 5.84. The van der Waals surface area contributed by atoms with Gasteiger partial charge in [-0.05, 0) is 49.9 Å². The molecule has 0 unspecified atom stereocenters. The molecule has 1 aliphatic heterocycles. The molecule has 0 atom stereocenters. The maximum absolute atomic E-state index is 12.5. The van der Waals surface area contributed by atoms with Gasteiger partial charge in [0.2, 0.25) is 5.91 Å². The summed E-state index contributed by atoms with van der Waals surface area (Å²) in [6.45, 7) is 5.62. The normalized spacial score (nSPS) is 14.9. The molecular formula is C23H28ClN3O3. The molecule has 0 saturated carbocycles. The number of hydrogen-bond donors (Lipinski definition) is 2. The number of nitrogens with one attached hydrogen (secondary N) is 2. The van der Waals surface area contributed by atoms with Crippen molar-refractivity contribution in [3.05, 3.63) is 58.1 Å². The van der Waals surface area contributed by atoms with Crippen molar-refractivity contribution in [2.75, 3.05) is 32.1 Å². The number of halogens is 1. The second-order valence-electron chi connectivity index (χ2n) is 7.69. The van der Waals surface area contributed by atoms with Gasteiger partial charge in [0.25, 0.3) is 5.91 Å². The molecule has 0 bridgehead atoms. The first kappa shape index (κ1) is 22.1. The molecule has 1 saturated heterocycles. The number of nitrogens with zero attached hydrogens (tertiary/aromatic N) is 1. The predicted octanol–water partition coefficient (Wildman–Crippen LogP) is 3.80. The van der Waals surface area contributed by atoms with Crippen LogP contribution in [0.25, 0.3) is 0 Å². The molecule has 1 aliphatic rings. The maximum atomic E-state index is 12.5. The van der Waals surface area contributed by atoms with E-state index in [1.165, 1.54) is 0 Å². The smallest absolute Gasteiger partial charge is 0.251 e. The van der Waals surface area contributed by atoms with Crippen molar-refractivity contribution in [3.8, 4) is 5.75 Å². The Labute approximate surface area is 182 Å². The second kappa shape index (κ2) is 9.96. The lowest BCUT2D eigenvalue weighted by atomic mass is 10.0. The van der Waals surface area contributed by atoms with Crippen molar-refractivity contribution in [2.24, 2.45) is 0 Å². The van der Waals surface area contributed by atoms with Gasteiger partial charge in [-0.1, -0.05) is 29.8 Å². The number of carbonyl (C=O) groups is 2. The van der Waals surface area contributed by atoms with Gasteiger partial charge in [-0.15, -0.1) is 0 Å². The number of ether oxygens (including phenoxy) is 1. The Kier molecular flexibility index (Phi) is 7.34. The van der Waals surface area contributed by atoms with E-state index < -0.39 is 0 Å². The number of piperidine rings is 1. The number of amides is 2. The van der Waals surface area contributed by atoms with E-state index in [-0.39, 0.29) is 17.9 Å². The molecule has 1 heterocycles. The largest absolute Gasteiger partial charge is 0.495 e. The summed E-state index contributed by atoms with van der Waals surface area (Å²) in [6.07, 6.45) is 1.63. The standard InChI is InChI=1S/C23H28ClN3O3/c1-15-6-4-5-7-18(15)23(29)25-17-8-10-27(11-9-17)14-22(28)26-20-12-16(2)19(24)13-21(20)30-3/h4-7,12-13,17H,8-11,14H2,1-3H3,(H,25,29)(H,26,28). The van der Waals surface area contributed by atoms with Gasteiger partial charge in [0.1, 0.15) is 5.75 Å². The average Bonchev–Trinajstić information content (AvgIpc) is 2.72. The van der Waals surface area contributed by atoms with Crippen LogP contribution in [0.15, 0.2) is 36.4 Å². The van der Waals surface area contributed by atoms with E-state index in [0.29, 0.717) is 28.6 Å². The second-order valence-corrected chi connectivity index (χ2v) is 8.10. The van der Waals surface area contributed by atoms with Crippen molar-refractivity contribution in [2.45, 2.75) is 32.7 Å². The zero-order valence-electron chi connectivity index (χ0n) is 17.6. The predicted molar refractivity (Wildman–Crippen MR) is 119 cm³/mol. The fourth-order valence-electron chi connectivity index (χ4n) is 3.65. The molecule has 2 amide bonds. The fourth-order valence-corrected chi connectivity index (χ4v) is 3.80. The third-order valence-electron chi connectivity index (χ3n) is 5.43. The molecule has 160 valence electrons. The van der Waals surface area contributed by atoms with Crippen LogP contribution in [-0.4, -0.2) is 49.5 Å². The Bertz CT molecular complexity index is 924. The zero-order valence-corrected chi connectivity index (χ0v) is 18.4. The van der Waals surface area contributed by atoms with Crippen LogP contribution >= 0.6 is 11.6 Å². The van der Waals surface area contributed by atoms with Crippen LogP contribution in [0.5, 0.6) is 5.75 Å². The highest BCUT2D eigenvalue weighted by Crippen LogP contribution is 2.31. The highest BCUT2D eigenvalue weighted by atomic mass is 35.5. The van der Waals surface area contributed by atoms with Gasteiger partial charge in [-0.2, -0.15) is 0 Å². The molecule has 2 aromatic rings. The van der Waals surface area contributed by atoms with E-state index >= 15 is 0 Å². The van der Waals surface area contributed by atoms with E-state index in [9.17, 15) is 9.59 Å². The lowest BCUT2D eigenvalue weighted by molar-refractivity contribution is -0.117. The minimum atomic E-state index is -0.0996. The fraction of sp³-hybridized carbons (Fsp3) is 0.391. The van der Waals surface area contributed by atoms with Gasteiger partial charge >= 0.3 is 0 Å². The van der Waals surface area contributed by atoms with E-state index in [2.05, 4.69) is 15.5 Å². The summed E-state index contributed by atoms with van der Waals surface area (Å²) in [5, 5.41) is 6.63. The lowest BCUT2D eigenvalue weighted by Crippen LogP contribution is -2.46. The Morgan fingerprint density at radius 3 is 2.50 bits per heavy atom. The number of carbonyl (C=O) groups excluding carboxylic acids is 2. The van der Waals surface area contributed by atoms with E-state index in [4.69, 9.17) is 16.3 Å². The molecule has 1 fully saturated rings. The van der Waals surface area contributed by atoms with Crippen LogP contribution in [0.2, 0.25) is 5.02 Å². The molecule has 3 rings (SSSR count). The highest BCUT2D eigenvalue weighted by Gasteiger charge is 2.23. The number of likely N-dealkylation sites (tertiary alicyclic amines) is 1. The Morgan fingerprint density at radius 1 is 1.13 bits per heavy atom. The molecule has 2 aromatic carbocycles. The number of anilines is 1. The summed E-state index contributed by atoms with van der Waals surface area (Å²) in [4.78, 5) is 27.1. The first-order valence-corrected chi connectivity index (χ1v) is 10.5. The Hall–Kier alpha value is -2.57. The van der Waals surface area contributed by atoms with Crippen LogP contribution in [0.1, 0.15) is 34.3 Å². The molecular weight excluding hydrogens is 402 g/mol. The maximum Gasteiger partial charge on any atom is 0.251 e. The van der Waals surface area contributed by atoms with Crippen molar-refractivity contribution < 1.29 is 14.3 Å². The van der Waals surface area contributed by atoms with Crippen molar-refractivity contribution in [3.63, 3.8) is 0 Å². The molecule has 0 aliphatic carbocycles. The first-order chi connectivity index (χ1) is 14.4. The quantitative estimate of drug-likeness (QED) is 0.732. The molecule has 0 aromatic heterocycles. The number of rotatable bonds is 6. The van der Waals surface area contributed by atoms with Gasteiger partial charge in [-0.25, -0.2) is 0 Å². The van der Waals surface area contributed by atoms with E-state index in [1.807, 2.05) is 44.2 Å². The highest BCUT2D eigenvalue weighted by molar-refractivity contribution is 6.31. The van der Waals surface area contributed by atoms with Crippen LogP contribution in [0.4, 0.5) is 5.69 Å². The van der Waals surface area contributed by atoms with Crippen LogP contribution in [0, 0.1) is 13.8 Å². The molecule has 2 N–H and O–H groups in total. The topological polar surface area (TPSA) is 70.7 Å². The van der Waals surface area contributed by atoms with Crippen molar-refractivity contribution >= 4 is 29.1 Å². The Balaban J connectivity index is 1.49. The third kappa shape index (κ3) is 5.52. The first-order valence-electron chi connectivity index (χ1n) is 10.1. The van der Waals surface area contributed by atoms with E-state index in [0.717, 1.165) is 37.1 Å². The minimum absolute atomic E-state index is 0.0329. The monoisotopic (exact) mass is 429 g/mol. The summed E-state index contributed by atoms with van der Waals surface area (Å²) in [5.41, 5.74) is 3.17. The number of aryl methyl sites for hydroxylation is 2. The number of methoxy groups -OCH3 is 1. The molecule has 30 heavy (non-hydrogen) atoms. The lowest BCUT2D eigenvalue weighted by Gasteiger charge is -2.32. The summed E-state index contributed by atoms with van der Waals surface area (Å²) >= 11 is 6.12. The van der Waals surface area contributed by atoms with E-state index in [1.54, 1.807) is 13.2 Å². The van der Waals surface area contributed by atoms with Gasteiger partial charge in [-0.3, -0.25) is 14.5 Å². The van der Waals surface area contributed by atoms with Crippen LogP contribution < -0.4 is 15.4 Å². The summed E-state index contributed by atoms with van der Waals surface area (Å²) < 4.78 is 5.31. The van der Waals surface area contributed by atoms with Crippen molar-refractivity contribution in [1.29, 1.82) is 0 Å². The van der Waals surface area contributed by atoms with Crippen LogP contribution in [-0.2, 0) is 4.79 Å². The van der Waals surface area contributed by atoms with Crippen molar-refractivity contribution in [1.82, 2.24) is 10.2 Å². The Morgan fingerprint density at radius 2 is 1.83 bits per heavy atom. The minimum Gasteiger partial charge on any atom is -0.495 e. The molecule has 7 heteroatoms. The summed E-state index contributed by atoms with van der Waals surface area (Å²) in [7, 11) is 1.55. The molecule has 0 radical (unpaired) electrons. The molecule has 0 spiro atoms. The summed E-state index contributed by atoms with van der Waals surface area (Å²) in [5.74, 6) is 0.406.